The number of imide groups is 2. The molecule has 5 aliphatic heterocycles. The lowest BCUT2D eigenvalue weighted by molar-refractivity contribution is 0.0636. The van der Waals surface area contributed by atoms with E-state index < -0.39 is 0 Å². The Hall–Kier alpha value is -3.38. The second kappa shape index (κ2) is 22.0. The summed E-state index contributed by atoms with van der Waals surface area (Å²) in [5.41, 5.74) is 7.31. The summed E-state index contributed by atoms with van der Waals surface area (Å²) in [4.78, 5) is 86.5. The van der Waals surface area contributed by atoms with Gasteiger partial charge in [-0.05, 0) is 50.1 Å². The third-order valence-electron chi connectivity index (χ3n) is 8.01. The normalized spacial score (nSPS) is 17.2. The molecule has 2 aromatic carbocycles. The van der Waals surface area contributed by atoms with Crippen LogP contribution in [0.3, 0.4) is 0 Å². The highest BCUT2D eigenvalue weighted by atomic mass is 79.9. The van der Waals surface area contributed by atoms with Crippen molar-refractivity contribution in [2.75, 3.05) is 74.9 Å². The van der Waals surface area contributed by atoms with Crippen LogP contribution in [0.4, 0.5) is 14.4 Å². The third-order valence-corrected chi connectivity index (χ3v) is 11.2. The van der Waals surface area contributed by atoms with E-state index in [9.17, 15) is 33.6 Å². The van der Waals surface area contributed by atoms with Crippen LogP contribution in [0.15, 0.2) is 48.5 Å². The smallest absolute Gasteiger partial charge is 0.281 e. The van der Waals surface area contributed by atoms with Crippen LogP contribution in [0.2, 0.25) is 0 Å². The van der Waals surface area contributed by atoms with Crippen LogP contribution in [0.25, 0.3) is 0 Å². The number of alkyl halides is 1. The van der Waals surface area contributed by atoms with E-state index in [4.69, 9.17) is 5.73 Å². The van der Waals surface area contributed by atoms with Gasteiger partial charge in [-0.3, -0.25) is 43.4 Å². The first-order chi connectivity index (χ1) is 24.7. The lowest BCUT2D eigenvalue weighted by atomic mass is 10.1. The largest absolute Gasteiger partial charge is 0.346 e. The van der Waals surface area contributed by atoms with Crippen LogP contribution < -0.4 is 11.1 Å². The molecular formula is C35H45BrN6O7S3. The van der Waals surface area contributed by atoms with Crippen molar-refractivity contribution in [2.45, 2.75) is 26.7 Å². The highest BCUT2D eigenvalue weighted by molar-refractivity contribution is 9.09. The van der Waals surface area contributed by atoms with Crippen molar-refractivity contribution in [3.05, 3.63) is 70.8 Å². The number of hydrogen-bond donors (Lipinski definition) is 2. The first-order valence-corrected chi connectivity index (χ1v) is 20.7. The fraction of sp³-hybridized carbons (Fsp3) is 0.457. The maximum Gasteiger partial charge on any atom is 0.281 e. The van der Waals surface area contributed by atoms with Gasteiger partial charge in [0, 0.05) is 68.4 Å². The molecule has 282 valence electrons. The maximum atomic E-state index is 12.1. The number of hydrogen-bond acceptors (Lipinski definition) is 11. The monoisotopic (exact) mass is 836 g/mol. The first kappa shape index (κ1) is 43.0. The topological polar surface area (TPSA) is 170 Å². The predicted octanol–water partition coefficient (Wildman–Crippen LogP) is 5.49. The van der Waals surface area contributed by atoms with E-state index in [0.717, 1.165) is 61.6 Å². The Morgan fingerprint density at radius 3 is 1.33 bits per heavy atom. The fourth-order valence-electron chi connectivity index (χ4n) is 5.41. The maximum absolute atomic E-state index is 12.1. The van der Waals surface area contributed by atoms with Gasteiger partial charge < -0.3 is 20.9 Å². The Kier molecular flexibility index (Phi) is 18.2. The average molecular weight is 838 g/mol. The van der Waals surface area contributed by atoms with Gasteiger partial charge in [0.2, 0.25) is 0 Å². The number of benzene rings is 2. The van der Waals surface area contributed by atoms with Gasteiger partial charge in [0.05, 0.1) is 22.3 Å². The summed E-state index contributed by atoms with van der Waals surface area (Å²) < 4.78 is 0. The molecular weight excluding hydrogens is 793 g/mol. The fourth-order valence-corrected chi connectivity index (χ4v) is 7.96. The number of amides is 7. The summed E-state index contributed by atoms with van der Waals surface area (Å²) in [6.07, 6.45) is 2.33. The van der Waals surface area contributed by atoms with E-state index in [0.29, 0.717) is 54.9 Å². The van der Waals surface area contributed by atoms with Gasteiger partial charge >= 0.3 is 0 Å². The molecule has 3 saturated heterocycles. The zero-order chi connectivity index (χ0) is 36.8. The second-order valence-electron chi connectivity index (χ2n) is 11.4. The molecule has 52 heavy (non-hydrogen) atoms. The minimum Gasteiger partial charge on any atom is -0.346 e. The summed E-state index contributed by atoms with van der Waals surface area (Å²) in [7, 11) is 0. The number of nitrogens with zero attached hydrogens (tertiary/aromatic N) is 4. The minimum atomic E-state index is -0.229. The average Bonchev–Trinajstić information content (AvgIpc) is 3.98. The molecule has 0 unspecified atom stereocenters. The van der Waals surface area contributed by atoms with Crippen LogP contribution >= 0.6 is 51.2 Å². The van der Waals surface area contributed by atoms with E-state index in [2.05, 4.69) is 21.2 Å². The van der Waals surface area contributed by atoms with Crippen LogP contribution in [0, 0.1) is 0 Å². The van der Waals surface area contributed by atoms with Crippen LogP contribution in [-0.4, -0.2) is 134 Å². The molecule has 17 heteroatoms. The van der Waals surface area contributed by atoms with Gasteiger partial charge in [0.15, 0.2) is 0 Å². The van der Waals surface area contributed by atoms with Gasteiger partial charge in [-0.25, -0.2) is 0 Å². The lowest BCUT2D eigenvalue weighted by Crippen LogP contribution is -2.33. The molecule has 7 amide bonds. The van der Waals surface area contributed by atoms with Gasteiger partial charge in [0.1, 0.15) is 0 Å². The molecule has 0 aliphatic carbocycles. The molecule has 5 aliphatic rings. The van der Waals surface area contributed by atoms with E-state index in [1.807, 2.05) is 4.90 Å². The Balaban J connectivity index is 0.000000201. The standard InChI is InChI=1S/C14H14N2O3S.C11H10BrNO2.C6H12N2OS.C3H5NOS.CH4/c17-12-10-4-1-2-5-11(10)13(18)16(12)7-3-6-15-8-9-20-14(15)19;12-6-3-7-13-10(14)8-4-1-2-5-9(8)11(13)15;7-2-1-3-8-4-5-10-6(8)9;5-3-4-1-2-6-3;/h1-2,4-5H,3,6-9H2;1-2,4-5H,3,6-7H2;1-5,7H2;1-2H2,(H,4,5);1H4. The Labute approximate surface area is 325 Å². The van der Waals surface area contributed by atoms with E-state index >= 15 is 0 Å². The Bertz CT molecular complexity index is 1540. The van der Waals surface area contributed by atoms with Crippen molar-refractivity contribution in [3.63, 3.8) is 0 Å². The van der Waals surface area contributed by atoms with Crippen LogP contribution in [0.1, 0.15) is 68.1 Å². The third kappa shape index (κ3) is 11.6. The number of rotatable bonds is 10. The molecule has 3 fully saturated rings. The molecule has 0 aromatic heterocycles. The highest BCUT2D eigenvalue weighted by Gasteiger charge is 2.35. The molecule has 0 radical (unpaired) electrons. The van der Waals surface area contributed by atoms with Gasteiger partial charge in [0.25, 0.3) is 39.3 Å². The summed E-state index contributed by atoms with van der Waals surface area (Å²) in [6.45, 7) is 5.47. The van der Waals surface area contributed by atoms with Crippen LogP contribution in [-0.2, 0) is 0 Å². The number of nitrogens with two attached hydrogens (primary N) is 1. The molecule has 3 N–H and O–H groups in total. The Morgan fingerprint density at radius 2 is 1.02 bits per heavy atom. The number of thioether (sulfide) groups is 3. The quantitative estimate of drug-likeness (QED) is 0.229. The van der Waals surface area contributed by atoms with Crippen LogP contribution in [0.5, 0.6) is 0 Å². The highest BCUT2D eigenvalue weighted by Crippen LogP contribution is 2.24. The molecule has 0 bridgehead atoms. The molecule has 2 aromatic rings. The zero-order valence-corrected chi connectivity index (χ0v) is 32.1. The van der Waals surface area contributed by atoms with Crippen molar-refractivity contribution in [1.29, 1.82) is 0 Å². The summed E-state index contributed by atoms with van der Waals surface area (Å²) in [5, 5.41) is 3.86. The second-order valence-corrected chi connectivity index (χ2v) is 15.4. The first-order valence-electron chi connectivity index (χ1n) is 16.6. The summed E-state index contributed by atoms with van der Waals surface area (Å²) in [5.74, 6) is 1.92. The van der Waals surface area contributed by atoms with Crippen molar-refractivity contribution >= 4 is 90.6 Å². The van der Waals surface area contributed by atoms with Crippen molar-refractivity contribution < 1.29 is 33.6 Å². The van der Waals surface area contributed by atoms with E-state index in [-0.39, 0.29) is 46.8 Å². The van der Waals surface area contributed by atoms with Crippen molar-refractivity contribution in [2.24, 2.45) is 5.73 Å². The molecule has 0 saturated carbocycles. The minimum absolute atomic E-state index is 0. The predicted molar refractivity (Wildman–Crippen MR) is 212 cm³/mol. The molecule has 7 rings (SSSR count). The van der Waals surface area contributed by atoms with Crippen molar-refractivity contribution in [3.8, 4) is 0 Å². The zero-order valence-electron chi connectivity index (χ0n) is 28.1. The van der Waals surface area contributed by atoms with E-state index in [1.165, 1.54) is 45.1 Å². The number of fused-ring (bicyclic) bond motifs is 2. The summed E-state index contributed by atoms with van der Waals surface area (Å²) in [6, 6.07) is 13.8. The molecule has 0 spiro atoms. The molecule has 0 atom stereocenters. The van der Waals surface area contributed by atoms with Gasteiger partial charge in [-0.1, -0.05) is 82.9 Å². The number of carbonyl (C=O) groups excluding carboxylic acids is 7. The molecule has 13 nitrogen and oxygen atoms in total. The number of halogens is 1. The number of carbonyl (C=O) groups is 7. The summed E-state index contributed by atoms with van der Waals surface area (Å²) >= 11 is 7.35. The SMILES string of the molecule is C.NCCCN1CCSC1=O.O=C1NCCS1.O=C1SCCN1CCCN1C(=O)c2ccccc2C1=O.O=C1c2ccccc2C(=O)N1CCCBr. The number of nitrogens with one attached hydrogen (secondary N) is 1. The van der Waals surface area contributed by atoms with Gasteiger partial charge in [-0.15, -0.1) is 0 Å². The molecule has 5 heterocycles. The van der Waals surface area contributed by atoms with E-state index in [1.54, 1.807) is 53.4 Å². The lowest BCUT2D eigenvalue weighted by Gasteiger charge is -2.17. The van der Waals surface area contributed by atoms with Gasteiger partial charge in [-0.2, -0.15) is 0 Å². The van der Waals surface area contributed by atoms with Crippen molar-refractivity contribution in [1.82, 2.24) is 24.9 Å². The Morgan fingerprint density at radius 1 is 0.596 bits per heavy atom.